The maximum atomic E-state index is 11.5. The molecule has 0 radical (unpaired) electrons. The molecule has 21 heavy (non-hydrogen) atoms. The van der Waals surface area contributed by atoms with Gasteiger partial charge in [0.25, 0.3) is 0 Å². The maximum Gasteiger partial charge on any atom is 0.241 e. The zero-order valence-electron chi connectivity index (χ0n) is 12.8. The van der Waals surface area contributed by atoms with Crippen LogP contribution in [0.4, 0.5) is 0 Å². The van der Waals surface area contributed by atoms with E-state index in [1.165, 1.54) is 5.56 Å². The third-order valence-electron chi connectivity index (χ3n) is 4.29. The lowest BCUT2D eigenvalue weighted by Crippen LogP contribution is -2.36. The van der Waals surface area contributed by atoms with Gasteiger partial charge in [0.05, 0.1) is 12.0 Å². The summed E-state index contributed by atoms with van der Waals surface area (Å²) in [6.07, 6.45) is 2.61. The summed E-state index contributed by atoms with van der Waals surface area (Å²) in [5.74, 6) is 4.79. The number of nitrogens with two attached hydrogens (primary N) is 1. The topological polar surface area (TPSA) is 67.6 Å². The zero-order chi connectivity index (χ0) is 15.2. The Morgan fingerprint density at radius 1 is 1.38 bits per heavy atom. The van der Waals surface area contributed by atoms with Crippen molar-refractivity contribution in [1.29, 1.82) is 0 Å². The van der Waals surface area contributed by atoms with E-state index in [-0.39, 0.29) is 11.8 Å². The Hall–Kier alpha value is -1.43. The summed E-state index contributed by atoms with van der Waals surface area (Å²) in [6, 6.07) is 8.21. The number of carbonyl (C=O) groups is 1. The van der Waals surface area contributed by atoms with Gasteiger partial charge < -0.3 is 4.74 Å². The van der Waals surface area contributed by atoms with E-state index in [0.717, 1.165) is 38.0 Å². The highest BCUT2D eigenvalue weighted by Crippen LogP contribution is 2.19. The summed E-state index contributed by atoms with van der Waals surface area (Å²) < 4.78 is 5.39. The van der Waals surface area contributed by atoms with Crippen LogP contribution in [0.25, 0.3) is 0 Å². The molecule has 1 aliphatic heterocycles. The number of benzene rings is 1. The second-order valence-electron chi connectivity index (χ2n) is 5.68. The van der Waals surface area contributed by atoms with E-state index in [2.05, 4.69) is 22.5 Å². The van der Waals surface area contributed by atoms with Gasteiger partial charge in [-0.25, -0.2) is 5.84 Å². The average molecular weight is 291 g/mol. The van der Waals surface area contributed by atoms with Crippen LogP contribution < -0.4 is 11.3 Å². The fraction of sp³-hybridized carbons (Fsp3) is 0.562. The van der Waals surface area contributed by atoms with Crippen molar-refractivity contribution in [3.63, 3.8) is 0 Å². The normalized spacial score (nSPS) is 18.4. The van der Waals surface area contributed by atoms with Crippen LogP contribution in [-0.2, 0) is 16.1 Å². The van der Waals surface area contributed by atoms with E-state index in [4.69, 9.17) is 10.6 Å². The van der Waals surface area contributed by atoms with E-state index >= 15 is 0 Å². The summed E-state index contributed by atoms with van der Waals surface area (Å²) in [6.45, 7) is 4.96. The van der Waals surface area contributed by atoms with Crippen LogP contribution in [-0.4, -0.2) is 37.1 Å². The molecule has 1 heterocycles. The Kier molecular flexibility index (Phi) is 5.73. The molecule has 0 bridgehead atoms. The first-order valence-corrected chi connectivity index (χ1v) is 7.48. The monoisotopic (exact) mass is 291 g/mol. The van der Waals surface area contributed by atoms with Crippen molar-refractivity contribution < 1.29 is 9.53 Å². The largest absolute Gasteiger partial charge is 0.381 e. The molecule has 0 saturated carbocycles. The van der Waals surface area contributed by atoms with Crippen molar-refractivity contribution in [2.45, 2.75) is 38.3 Å². The first-order valence-electron chi connectivity index (χ1n) is 7.48. The maximum absolute atomic E-state index is 11.5. The van der Waals surface area contributed by atoms with Crippen molar-refractivity contribution in [2.24, 2.45) is 5.84 Å². The fourth-order valence-corrected chi connectivity index (χ4v) is 2.75. The van der Waals surface area contributed by atoms with Crippen molar-refractivity contribution in [2.75, 3.05) is 20.2 Å². The molecule has 5 heteroatoms. The van der Waals surface area contributed by atoms with Crippen molar-refractivity contribution >= 4 is 5.91 Å². The van der Waals surface area contributed by atoms with E-state index in [9.17, 15) is 4.79 Å². The molecule has 1 atom stereocenters. The van der Waals surface area contributed by atoms with Gasteiger partial charge in [-0.2, -0.15) is 0 Å². The predicted octanol–water partition coefficient (Wildman–Crippen LogP) is 1.39. The number of hydrazine groups is 1. The number of nitrogens with one attached hydrogen (secondary N) is 1. The molecule has 0 aliphatic carbocycles. The number of likely N-dealkylation sites (tertiary alicyclic amines) is 1. The van der Waals surface area contributed by atoms with Crippen molar-refractivity contribution in [3.8, 4) is 0 Å². The van der Waals surface area contributed by atoms with Crippen LogP contribution in [0, 0.1) is 0 Å². The molecule has 0 spiro atoms. The summed E-state index contributed by atoms with van der Waals surface area (Å²) in [5.41, 5.74) is 4.45. The Bertz CT molecular complexity index is 453. The van der Waals surface area contributed by atoms with Gasteiger partial charge in [0.15, 0.2) is 0 Å². The Labute approximate surface area is 126 Å². The summed E-state index contributed by atoms with van der Waals surface area (Å²) in [4.78, 5) is 14.0. The van der Waals surface area contributed by atoms with Crippen molar-refractivity contribution in [3.05, 3.63) is 35.4 Å². The predicted molar refractivity (Wildman–Crippen MR) is 82.5 cm³/mol. The molecule has 1 aromatic rings. The zero-order valence-corrected chi connectivity index (χ0v) is 12.8. The SMILES string of the molecule is COC1CCN(Cc2ccc(C(C)C(=O)NN)cc2)CC1. The minimum Gasteiger partial charge on any atom is -0.381 e. The smallest absolute Gasteiger partial charge is 0.241 e. The molecule has 3 N–H and O–H groups in total. The van der Waals surface area contributed by atoms with E-state index < -0.39 is 0 Å². The summed E-state index contributed by atoms with van der Waals surface area (Å²) in [7, 11) is 1.79. The van der Waals surface area contributed by atoms with Gasteiger partial charge in [-0.05, 0) is 30.9 Å². The summed E-state index contributed by atoms with van der Waals surface area (Å²) in [5, 5.41) is 0. The number of carbonyl (C=O) groups excluding carboxylic acids is 1. The second-order valence-corrected chi connectivity index (χ2v) is 5.68. The molecule has 1 unspecified atom stereocenters. The molecule has 0 aromatic heterocycles. The molecule has 1 fully saturated rings. The minimum absolute atomic E-state index is 0.163. The number of rotatable bonds is 5. The molecule has 1 aliphatic rings. The quantitative estimate of drug-likeness (QED) is 0.489. The molecule has 1 saturated heterocycles. The number of hydrogen-bond acceptors (Lipinski definition) is 4. The Morgan fingerprint density at radius 3 is 2.52 bits per heavy atom. The van der Waals surface area contributed by atoms with Crippen molar-refractivity contribution in [1.82, 2.24) is 10.3 Å². The average Bonchev–Trinajstić information content (AvgIpc) is 2.55. The Morgan fingerprint density at radius 2 is 2.00 bits per heavy atom. The van der Waals surface area contributed by atoms with Gasteiger partial charge in [0.1, 0.15) is 0 Å². The number of ether oxygens (including phenoxy) is 1. The van der Waals surface area contributed by atoms with E-state index in [1.54, 1.807) is 7.11 Å². The van der Waals surface area contributed by atoms with Gasteiger partial charge in [-0.15, -0.1) is 0 Å². The van der Waals surface area contributed by atoms with Crippen LogP contribution in [0.2, 0.25) is 0 Å². The van der Waals surface area contributed by atoms with Crippen LogP contribution in [0.1, 0.15) is 36.8 Å². The molecule has 1 aromatic carbocycles. The molecule has 5 nitrogen and oxygen atoms in total. The lowest BCUT2D eigenvalue weighted by Gasteiger charge is -2.31. The number of piperidine rings is 1. The summed E-state index contributed by atoms with van der Waals surface area (Å²) >= 11 is 0. The van der Waals surface area contributed by atoms with Gasteiger partial charge in [-0.1, -0.05) is 24.3 Å². The Balaban J connectivity index is 1.89. The molecule has 2 rings (SSSR count). The standard InChI is InChI=1S/C16H25N3O2/c1-12(16(20)18-17)14-5-3-13(4-6-14)11-19-9-7-15(21-2)8-10-19/h3-6,12,15H,7-11,17H2,1-2H3,(H,18,20). The molecular weight excluding hydrogens is 266 g/mol. The fourth-order valence-electron chi connectivity index (χ4n) is 2.75. The minimum atomic E-state index is -0.221. The van der Waals surface area contributed by atoms with Crippen LogP contribution >= 0.6 is 0 Å². The highest BCUT2D eigenvalue weighted by atomic mass is 16.5. The van der Waals surface area contributed by atoms with Crippen LogP contribution in [0.5, 0.6) is 0 Å². The number of methoxy groups -OCH3 is 1. The third-order valence-corrected chi connectivity index (χ3v) is 4.29. The third kappa shape index (κ3) is 4.27. The second kappa shape index (κ2) is 7.54. The first-order chi connectivity index (χ1) is 10.1. The lowest BCUT2D eigenvalue weighted by atomic mass is 9.99. The molecule has 116 valence electrons. The van der Waals surface area contributed by atoms with Gasteiger partial charge >= 0.3 is 0 Å². The van der Waals surface area contributed by atoms with Gasteiger partial charge in [-0.3, -0.25) is 15.1 Å². The van der Waals surface area contributed by atoms with Gasteiger partial charge in [0.2, 0.25) is 5.91 Å². The number of nitrogens with zero attached hydrogens (tertiary/aromatic N) is 1. The van der Waals surface area contributed by atoms with Crippen LogP contribution in [0.15, 0.2) is 24.3 Å². The molecular formula is C16H25N3O2. The van der Waals surface area contributed by atoms with E-state index in [1.807, 2.05) is 19.1 Å². The highest BCUT2D eigenvalue weighted by Gasteiger charge is 2.19. The highest BCUT2D eigenvalue weighted by molar-refractivity contribution is 5.82. The molecule has 1 amide bonds. The van der Waals surface area contributed by atoms with E-state index in [0.29, 0.717) is 6.10 Å². The van der Waals surface area contributed by atoms with Gasteiger partial charge in [0, 0.05) is 26.7 Å². The number of amides is 1. The first kappa shape index (κ1) is 15.9. The number of hydrogen-bond donors (Lipinski definition) is 2. The lowest BCUT2D eigenvalue weighted by molar-refractivity contribution is -0.122. The van der Waals surface area contributed by atoms with Crippen LogP contribution in [0.3, 0.4) is 0 Å².